The fourth-order valence-corrected chi connectivity index (χ4v) is 4.49. The molecule has 0 radical (unpaired) electrons. The summed E-state index contributed by atoms with van der Waals surface area (Å²) in [7, 11) is -1.49. The van der Waals surface area contributed by atoms with Crippen LogP contribution >= 0.6 is 7.82 Å². The summed E-state index contributed by atoms with van der Waals surface area (Å²) in [6, 6.07) is 6.39. The second kappa shape index (κ2) is 9.31. The van der Waals surface area contributed by atoms with Gasteiger partial charge in [0, 0.05) is 38.1 Å². The molecule has 13 heteroatoms. The number of carboxylic acid groups (broad SMARTS) is 1. The number of halogens is 1. The summed E-state index contributed by atoms with van der Waals surface area (Å²) in [6.45, 7) is 2.40. The highest BCUT2D eigenvalue weighted by Crippen LogP contribution is 2.40. The van der Waals surface area contributed by atoms with Crippen LogP contribution in [0.3, 0.4) is 0 Å². The molecule has 0 aliphatic carbocycles. The van der Waals surface area contributed by atoms with Gasteiger partial charge in [-0.05, 0) is 37.4 Å². The minimum Gasteiger partial charge on any atom is -0.492 e. The molecule has 3 aromatic rings. The van der Waals surface area contributed by atoms with Gasteiger partial charge in [0.25, 0.3) is 0 Å². The fourth-order valence-electron chi connectivity index (χ4n) is 4.09. The minimum atomic E-state index is -4.78. The first kappa shape index (κ1) is 24.7. The Balaban J connectivity index is 1.99. The SMILES string of the molecule is COc1c(N2CCN(C)CC2)c(F)cc2c(=O)c(C(=O)O)cn(-c3ccc(OP(=O)(O)O)cc3)c12. The van der Waals surface area contributed by atoms with Crippen molar-refractivity contribution in [2.75, 3.05) is 45.2 Å². The van der Waals surface area contributed by atoms with Gasteiger partial charge < -0.3 is 28.7 Å². The Hall–Kier alpha value is -3.44. The third-order valence-electron chi connectivity index (χ3n) is 5.76. The van der Waals surface area contributed by atoms with Crippen LogP contribution in [-0.4, -0.2) is 70.7 Å². The van der Waals surface area contributed by atoms with Gasteiger partial charge in [-0.15, -0.1) is 0 Å². The van der Waals surface area contributed by atoms with Gasteiger partial charge in [0.05, 0.1) is 12.5 Å². The Morgan fingerprint density at radius 3 is 2.29 bits per heavy atom. The maximum Gasteiger partial charge on any atom is 0.524 e. The van der Waals surface area contributed by atoms with E-state index < -0.39 is 30.6 Å². The average Bonchev–Trinajstić information content (AvgIpc) is 2.79. The zero-order valence-corrected chi connectivity index (χ0v) is 19.7. The summed E-state index contributed by atoms with van der Waals surface area (Å²) in [5.41, 5.74) is -0.814. The van der Waals surface area contributed by atoms with Crippen molar-refractivity contribution in [2.24, 2.45) is 0 Å². The number of pyridine rings is 1. The number of phosphoric acid groups is 1. The van der Waals surface area contributed by atoms with E-state index in [4.69, 9.17) is 14.5 Å². The van der Waals surface area contributed by atoms with Gasteiger partial charge in [-0.3, -0.25) is 14.6 Å². The molecule has 0 saturated carbocycles. The molecule has 35 heavy (non-hydrogen) atoms. The van der Waals surface area contributed by atoms with E-state index >= 15 is 4.39 Å². The molecule has 0 spiro atoms. The number of aromatic nitrogens is 1. The maximum atomic E-state index is 15.4. The number of phosphoric ester groups is 1. The van der Waals surface area contributed by atoms with Crippen LogP contribution in [0.1, 0.15) is 10.4 Å². The summed E-state index contributed by atoms with van der Waals surface area (Å²) >= 11 is 0. The quantitative estimate of drug-likeness (QED) is 0.425. The van der Waals surface area contributed by atoms with Gasteiger partial charge in [-0.1, -0.05) is 0 Å². The number of aromatic carboxylic acids is 1. The Morgan fingerprint density at radius 1 is 1.11 bits per heavy atom. The third-order valence-corrected chi connectivity index (χ3v) is 6.21. The summed E-state index contributed by atoms with van der Waals surface area (Å²) in [5, 5.41) is 9.40. The van der Waals surface area contributed by atoms with Crippen molar-refractivity contribution in [1.82, 2.24) is 9.47 Å². The molecular weight excluding hydrogens is 484 g/mol. The molecule has 1 aliphatic heterocycles. The number of hydrogen-bond donors (Lipinski definition) is 3. The summed E-state index contributed by atoms with van der Waals surface area (Å²) in [6.07, 6.45) is 1.11. The number of rotatable bonds is 6. The van der Waals surface area contributed by atoms with E-state index in [1.807, 2.05) is 11.9 Å². The number of piperazine rings is 1. The number of hydrogen-bond acceptors (Lipinski definition) is 7. The molecule has 2 aromatic carbocycles. The summed E-state index contributed by atoms with van der Waals surface area (Å²) < 4.78 is 38.0. The van der Waals surface area contributed by atoms with Gasteiger partial charge in [0.2, 0.25) is 5.43 Å². The van der Waals surface area contributed by atoms with E-state index in [9.17, 15) is 19.3 Å². The highest BCUT2D eigenvalue weighted by Gasteiger charge is 2.27. The number of carbonyl (C=O) groups is 1. The number of carboxylic acids is 1. The van der Waals surface area contributed by atoms with Crippen molar-refractivity contribution in [2.45, 2.75) is 0 Å². The van der Waals surface area contributed by atoms with Gasteiger partial charge in [-0.25, -0.2) is 13.8 Å². The molecule has 2 heterocycles. The molecule has 1 fully saturated rings. The Kier molecular flexibility index (Phi) is 6.56. The minimum absolute atomic E-state index is 0.0640. The molecule has 0 amide bonds. The molecule has 0 bridgehead atoms. The first-order chi connectivity index (χ1) is 16.5. The van der Waals surface area contributed by atoms with Gasteiger partial charge in [-0.2, -0.15) is 0 Å². The van der Waals surface area contributed by atoms with Crippen LogP contribution in [-0.2, 0) is 4.57 Å². The average molecular weight is 507 g/mol. The maximum absolute atomic E-state index is 15.4. The highest BCUT2D eigenvalue weighted by molar-refractivity contribution is 7.46. The molecule has 1 saturated heterocycles. The molecule has 3 N–H and O–H groups in total. The standard InChI is InChI=1S/C22H23FN3O8P/c1-24-7-9-25(10-8-24)19-17(23)11-15-18(21(19)33-2)26(12-16(20(15)27)22(28)29)13-3-5-14(6-4-13)34-35(30,31)32/h3-6,11-12H,7-10H2,1-2H3,(H,28,29)(H2,30,31,32). The van der Waals surface area contributed by atoms with Crippen molar-refractivity contribution in [1.29, 1.82) is 0 Å². The van der Waals surface area contributed by atoms with E-state index in [1.54, 1.807) is 0 Å². The lowest BCUT2D eigenvalue weighted by molar-refractivity contribution is 0.0695. The topological polar surface area (TPSA) is 142 Å². The van der Waals surface area contributed by atoms with Crippen molar-refractivity contribution in [3.05, 3.63) is 58.1 Å². The zero-order valence-electron chi connectivity index (χ0n) is 18.8. The fraction of sp³-hybridized carbons (Fsp3) is 0.273. The number of ether oxygens (including phenoxy) is 1. The number of fused-ring (bicyclic) bond motifs is 1. The lowest BCUT2D eigenvalue weighted by Gasteiger charge is -2.35. The molecule has 0 atom stereocenters. The van der Waals surface area contributed by atoms with E-state index in [2.05, 4.69) is 9.42 Å². The molecule has 1 aromatic heterocycles. The van der Waals surface area contributed by atoms with Crippen LogP contribution in [0.4, 0.5) is 10.1 Å². The van der Waals surface area contributed by atoms with Gasteiger partial charge >= 0.3 is 13.8 Å². The normalized spacial score (nSPS) is 14.8. The van der Waals surface area contributed by atoms with Gasteiger partial charge in [0.15, 0.2) is 11.6 Å². The monoisotopic (exact) mass is 507 g/mol. The first-order valence-electron chi connectivity index (χ1n) is 10.5. The summed E-state index contributed by atoms with van der Waals surface area (Å²) in [4.78, 5) is 46.7. The lowest BCUT2D eigenvalue weighted by Crippen LogP contribution is -2.45. The number of methoxy groups -OCH3 is 1. The van der Waals surface area contributed by atoms with Crippen LogP contribution < -0.4 is 19.6 Å². The van der Waals surface area contributed by atoms with Crippen LogP contribution in [0.5, 0.6) is 11.5 Å². The van der Waals surface area contributed by atoms with Crippen molar-refractivity contribution in [3.63, 3.8) is 0 Å². The van der Waals surface area contributed by atoms with Crippen LogP contribution in [0.2, 0.25) is 0 Å². The number of nitrogens with zero attached hydrogens (tertiary/aromatic N) is 3. The zero-order chi connectivity index (χ0) is 25.5. The van der Waals surface area contributed by atoms with Crippen molar-refractivity contribution >= 4 is 30.4 Å². The molecule has 186 valence electrons. The molecule has 0 unspecified atom stereocenters. The van der Waals surface area contributed by atoms with Crippen molar-refractivity contribution in [3.8, 4) is 17.2 Å². The lowest BCUT2D eigenvalue weighted by atomic mass is 10.1. The number of benzene rings is 2. The second-order valence-corrected chi connectivity index (χ2v) is 9.21. The molecule has 4 rings (SSSR count). The highest BCUT2D eigenvalue weighted by atomic mass is 31.2. The van der Waals surface area contributed by atoms with Crippen LogP contribution in [0.25, 0.3) is 16.6 Å². The Bertz CT molecular complexity index is 1390. The van der Waals surface area contributed by atoms with Crippen LogP contribution in [0, 0.1) is 5.82 Å². The van der Waals surface area contributed by atoms with Crippen molar-refractivity contribution < 1.29 is 37.9 Å². The predicted octanol–water partition coefficient (Wildman–Crippen LogP) is 2.06. The van der Waals surface area contributed by atoms with E-state index in [0.29, 0.717) is 31.9 Å². The molecule has 11 nitrogen and oxygen atoms in total. The number of anilines is 1. The van der Waals surface area contributed by atoms with Crippen LogP contribution in [0.15, 0.2) is 41.3 Å². The predicted molar refractivity (Wildman–Crippen MR) is 125 cm³/mol. The van der Waals surface area contributed by atoms with Gasteiger partial charge in [0.1, 0.15) is 22.5 Å². The Labute approximate surface area is 198 Å². The smallest absolute Gasteiger partial charge is 0.492 e. The largest absolute Gasteiger partial charge is 0.524 e. The Morgan fingerprint density at radius 2 is 1.74 bits per heavy atom. The van der Waals surface area contributed by atoms with E-state index in [-0.39, 0.29) is 28.1 Å². The number of likely N-dealkylation sites (N-methyl/N-ethyl adjacent to an activating group) is 1. The summed E-state index contributed by atoms with van der Waals surface area (Å²) in [5.74, 6) is -2.26. The third kappa shape index (κ3) is 4.87. The molecule has 1 aliphatic rings. The van der Waals surface area contributed by atoms with E-state index in [0.717, 1.165) is 12.3 Å². The molecular formula is C22H23FN3O8P. The van der Waals surface area contributed by atoms with E-state index in [1.165, 1.54) is 35.9 Å². The second-order valence-electron chi connectivity index (χ2n) is 8.05. The first-order valence-corrected chi connectivity index (χ1v) is 12.0.